The Hall–Kier alpha value is -1.11. The van der Waals surface area contributed by atoms with Gasteiger partial charge in [-0.1, -0.05) is 46.8 Å². The molecule has 0 aliphatic carbocycles. The number of hydrogen-bond donors (Lipinski definition) is 1. The topological polar surface area (TPSA) is 54.9 Å². The van der Waals surface area contributed by atoms with Crippen LogP contribution in [0.1, 0.15) is 17.5 Å². The monoisotopic (exact) mass is 327 g/mol. The lowest BCUT2D eigenvalue weighted by Gasteiger charge is -2.10. The number of nitrogens with zero attached hydrogens (tertiary/aromatic N) is 2. The molecule has 2 rings (SSSR count). The zero-order valence-corrected chi connectivity index (χ0v) is 13.5. The number of thioether (sulfide) groups is 1. The average Bonchev–Trinajstić information content (AvgIpc) is 2.83. The molecule has 0 saturated heterocycles. The van der Waals surface area contributed by atoms with Gasteiger partial charge in [0.15, 0.2) is 4.34 Å². The molecule has 0 saturated carbocycles. The molecule has 1 N–H and O–H groups in total. The zero-order valence-electron chi connectivity index (χ0n) is 11.1. The predicted molar refractivity (Wildman–Crippen MR) is 83.3 cm³/mol. The first-order valence-corrected chi connectivity index (χ1v) is 8.11. The maximum atomic E-state index is 12.0. The molecule has 0 radical (unpaired) electrons. The van der Waals surface area contributed by atoms with Gasteiger partial charge in [0.05, 0.1) is 5.25 Å². The zero-order chi connectivity index (χ0) is 14.5. The van der Waals surface area contributed by atoms with Crippen LogP contribution in [0.3, 0.4) is 0 Å². The van der Waals surface area contributed by atoms with Gasteiger partial charge >= 0.3 is 0 Å². The van der Waals surface area contributed by atoms with E-state index in [9.17, 15) is 4.79 Å². The SMILES string of the molecule is Cc1nnc(SC(C)C(=O)NCc2ccc(Cl)cc2)s1. The molecule has 1 amide bonds. The number of benzene rings is 1. The molecule has 7 heteroatoms. The van der Waals surface area contributed by atoms with Crippen LogP contribution in [-0.4, -0.2) is 21.4 Å². The Balaban J connectivity index is 1.83. The van der Waals surface area contributed by atoms with Crippen molar-refractivity contribution in [2.24, 2.45) is 0 Å². The summed E-state index contributed by atoms with van der Waals surface area (Å²) in [5, 5.41) is 12.2. The van der Waals surface area contributed by atoms with Crippen LogP contribution in [-0.2, 0) is 11.3 Å². The molecule has 1 unspecified atom stereocenters. The second-order valence-corrected chi connectivity index (χ2v) is 7.40. The van der Waals surface area contributed by atoms with Crippen molar-refractivity contribution in [1.82, 2.24) is 15.5 Å². The molecule has 2 aromatic rings. The first-order chi connectivity index (χ1) is 9.54. The summed E-state index contributed by atoms with van der Waals surface area (Å²) < 4.78 is 0.816. The summed E-state index contributed by atoms with van der Waals surface area (Å²) in [5.74, 6) is -0.0159. The van der Waals surface area contributed by atoms with Gasteiger partial charge in [-0.2, -0.15) is 0 Å². The van der Waals surface area contributed by atoms with Crippen molar-refractivity contribution in [3.05, 3.63) is 39.9 Å². The quantitative estimate of drug-likeness (QED) is 0.856. The average molecular weight is 328 g/mol. The van der Waals surface area contributed by atoms with E-state index in [0.29, 0.717) is 11.6 Å². The summed E-state index contributed by atoms with van der Waals surface area (Å²) in [5.41, 5.74) is 1.02. The van der Waals surface area contributed by atoms with E-state index < -0.39 is 0 Å². The van der Waals surface area contributed by atoms with Crippen LogP contribution in [0.2, 0.25) is 5.02 Å². The third-order valence-corrected chi connectivity index (χ3v) is 4.81. The van der Waals surface area contributed by atoms with Crippen molar-refractivity contribution >= 4 is 40.6 Å². The normalized spacial score (nSPS) is 12.2. The summed E-state index contributed by atoms with van der Waals surface area (Å²) in [7, 11) is 0. The van der Waals surface area contributed by atoms with Crippen LogP contribution in [0.25, 0.3) is 0 Å². The molecule has 1 aromatic heterocycles. The summed E-state index contributed by atoms with van der Waals surface area (Å²) in [6, 6.07) is 7.42. The van der Waals surface area contributed by atoms with Gasteiger partial charge < -0.3 is 5.32 Å². The Kier molecular flexibility index (Phi) is 5.39. The molecule has 1 aromatic carbocycles. The Morgan fingerprint density at radius 2 is 2.10 bits per heavy atom. The molecular formula is C13H14ClN3OS2. The number of aromatic nitrogens is 2. The van der Waals surface area contributed by atoms with Crippen molar-refractivity contribution in [3.63, 3.8) is 0 Å². The van der Waals surface area contributed by atoms with E-state index in [-0.39, 0.29) is 11.2 Å². The van der Waals surface area contributed by atoms with E-state index in [1.54, 1.807) is 0 Å². The minimum absolute atomic E-state index is 0.0159. The number of amides is 1. The molecular weight excluding hydrogens is 314 g/mol. The van der Waals surface area contributed by atoms with Crippen LogP contribution in [0.5, 0.6) is 0 Å². The van der Waals surface area contributed by atoms with Crippen LogP contribution in [0, 0.1) is 6.92 Å². The van der Waals surface area contributed by atoms with Crippen LogP contribution in [0.15, 0.2) is 28.6 Å². The highest BCUT2D eigenvalue weighted by molar-refractivity contribution is 8.02. The van der Waals surface area contributed by atoms with Crippen molar-refractivity contribution in [1.29, 1.82) is 0 Å². The van der Waals surface area contributed by atoms with Crippen LogP contribution >= 0.6 is 34.7 Å². The van der Waals surface area contributed by atoms with E-state index in [0.717, 1.165) is 14.9 Å². The van der Waals surface area contributed by atoms with E-state index in [2.05, 4.69) is 15.5 Å². The highest BCUT2D eigenvalue weighted by Crippen LogP contribution is 2.26. The van der Waals surface area contributed by atoms with Gasteiger partial charge in [-0.25, -0.2) is 0 Å². The summed E-state index contributed by atoms with van der Waals surface area (Å²) in [6.45, 7) is 4.25. The lowest BCUT2D eigenvalue weighted by atomic mass is 10.2. The maximum Gasteiger partial charge on any atom is 0.233 e. The van der Waals surface area contributed by atoms with Crippen LogP contribution in [0.4, 0.5) is 0 Å². The number of carbonyl (C=O) groups excluding carboxylic acids is 1. The molecule has 1 heterocycles. The Morgan fingerprint density at radius 3 is 2.70 bits per heavy atom. The minimum atomic E-state index is -0.199. The molecule has 0 aliphatic rings. The third kappa shape index (κ3) is 4.47. The number of aryl methyl sites for hydroxylation is 1. The summed E-state index contributed by atoms with van der Waals surface area (Å²) in [6.07, 6.45) is 0. The van der Waals surface area contributed by atoms with Crippen molar-refractivity contribution in [2.75, 3.05) is 0 Å². The van der Waals surface area contributed by atoms with Gasteiger partial charge in [-0.15, -0.1) is 10.2 Å². The minimum Gasteiger partial charge on any atom is -0.351 e. The second kappa shape index (κ2) is 7.06. The molecule has 0 fully saturated rings. The maximum absolute atomic E-state index is 12.0. The number of halogens is 1. The molecule has 4 nitrogen and oxygen atoms in total. The molecule has 106 valence electrons. The molecule has 0 bridgehead atoms. The summed E-state index contributed by atoms with van der Waals surface area (Å²) >= 11 is 8.73. The number of hydrogen-bond acceptors (Lipinski definition) is 5. The van der Waals surface area contributed by atoms with Crippen molar-refractivity contribution in [2.45, 2.75) is 30.0 Å². The van der Waals surface area contributed by atoms with Gasteiger partial charge in [0.25, 0.3) is 0 Å². The van der Waals surface area contributed by atoms with E-state index in [4.69, 9.17) is 11.6 Å². The lowest BCUT2D eigenvalue weighted by molar-refractivity contribution is -0.120. The number of nitrogens with one attached hydrogen (secondary N) is 1. The second-order valence-electron chi connectivity index (χ2n) is 4.19. The smallest absolute Gasteiger partial charge is 0.233 e. The Bertz CT molecular complexity index is 586. The number of rotatable bonds is 5. The highest BCUT2D eigenvalue weighted by atomic mass is 35.5. The Labute approximate surface area is 130 Å². The van der Waals surface area contributed by atoms with Gasteiger partial charge in [0.2, 0.25) is 5.91 Å². The molecule has 1 atom stereocenters. The van der Waals surface area contributed by atoms with Gasteiger partial charge in [-0.05, 0) is 31.5 Å². The number of carbonyl (C=O) groups is 1. The largest absolute Gasteiger partial charge is 0.351 e. The molecule has 20 heavy (non-hydrogen) atoms. The van der Waals surface area contributed by atoms with Gasteiger partial charge in [0, 0.05) is 11.6 Å². The first kappa shape index (κ1) is 15.3. The fourth-order valence-corrected chi connectivity index (χ4v) is 3.58. The predicted octanol–water partition coefficient (Wildman–Crippen LogP) is 3.30. The standard InChI is InChI=1S/C13H14ClN3OS2/c1-8(19-13-17-16-9(2)20-13)12(18)15-7-10-3-5-11(14)6-4-10/h3-6,8H,7H2,1-2H3,(H,15,18). The Morgan fingerprint density at radius 1 is 1.40 bits per heavy atom. The first-order valence-electron chi connectivity index (χ1n) is 6.03. The third-order valence-electron chi connectivity index (χ3n) is 2.53. The van der Waals surface area contributed by atoms with Gasteiger partial charge in [0.1, 0.15) is 5.01 Å². The van der Waals surface area contributed by atoms with Crippen molar-refractivity contribution in [3.8, 4) is 0 Å². The van der Waals surface area contributed by atoms with Crippen molar-refractivity contribution < 1.29 is 4.79 Å². The van der Waals surface area contributed by atoms with E-state index in [1.807, 2.05) is 38.1 Å². The van der Waals surface area contributed by atoms with Crippen LogP contribution < -0.4 is 5.32 Å². The molecule has 0 spiro atoms. The highest BCUT2D eigenvalue weighted by Gasteiger charge is 2.16. The van der Waals surface area contributed by atoms with Gasteiger partial charge in [-0.3, -0.25) is 4.79 Å². The van der Waals surface area contributed by atoms with E-state index >= 15 is 0 Å². The fourth-order valence-electron chi connectivity index (χ4n) is 1.47. The summed E-state index contributed by atoms with van der Waals surface area (Å²) in [4.78, 5) is 12.0. The molecule has 0 aliphatic heterocycles. The fraction of sp³-hybridized carbons (Fsp3) is 0.308. The lowest BCUT2D eigenvalue weighted by Crippen LogP contribution is -2.30. The van der Waals surface area contributed by atoms with E-state index in [1.165, 1.54) is 23.1 Å².